The molecule has 2 N–H and O–H groups in total. The molecular weight excluding hydrogens is 260 g/mol. The minimum absolute atomic E-state index is 0.0899. The maximum atomic E-state index is 12.7. The average Bonchev–Trinajstić information content (AvgIpc) is 3.12. The number of hydrogen-bond acceptors (Lipinski definition) is 3. The van der Waals surface area contributed by atoms with Crippen molar-refractivity contribution in [2.24, 2.45) is 5.92 Å². The van der Waals surface area contributed by atoms with Crippen LogP contribution in [-0.2, 0) is 10.0 Å². The topological polar surface area (TPSA) is 63.4 Å². The Bertz CT molecular complexity index is 593. The van der Waals surface area contributed by atoms with Crippen LogP contribution in [0.15, 0.2) is 23.1 Å². The zero-order valence-corrected chi connectivity index (χ0v) is 11.8. The third-order valence-electron chi connectivity index (χ3n) is 3.27. The van der Waals surface area contributed by atoms with Crippen LogP contribution in [-0.4, -0.2) is 25.8 Å². The minimum Gasteiger partial charge on any atom is -0.398 e. The fraction of sp³-hybridized carbons (Fsp3) is 0.429. The van der Waals surface area contributed by atoms with Gasteiger partial charge in [-0.05, 0) is 37.3 Å². The fourth-order valence-corrected chi connectivity index (χ4v) is 3.85. The van der Waals surface area contributed by atoms with Crippen LogP contribution >= 0.6 is 0 Å². The van der Waals surface area contributed by atoms with Crippen molar-refractivity contribution < 1.29 is 8.42 Å². The Balaban J connectivity index is 2.41. The highest BCUT2D eigenvalue weighted by Gasteiger charge is 2.32. The molecule has 0 bridgehead atoms. The SMILES string of the molecule is C#CCN(CC1CC1)S(=O)(=O)c1c(C)cccc1N. The van der Waals surface area contributed by atoms with Gasteiger partial charge in [0.15, 0.2) is 0 Å². The Morgan fingerprint density at radius 2 is 2.16 bits per heavy atom. The number of hydrogen-bond donors (Lipinski definition) is 1. The van der Waals surface area contributed by atoms with E-state index in [-0.39, 0.29) is 17.1 Å². The number of nitrogen functional groups attached to an aromatic ring is 1. The molecule has 1 aliphatic rings. The van der Waals surface area contributed by atoms with Gasteiger partial charge in [-0.3, -0.25) is 0 Å². The maximum Gasteiger partial charge on any atom is 0.246 e. The number of nitrogens with zero attached hydrogens (tertiary/aromatic N) is 1. The van der Waals surface area contributed by atoms with Gasteiger partial charge in [-0.1, -0.05) is 18.1 Å². The number of rotatable bonds is 5. The van der Waals surface area contributed by atoms with Gasteiger partial charge < -0.3 is 5.73 Å². The van der Waals surface area contributed by atoms with Gasteiger partial charge in [0.2, 0.25) is 10.0 Å². The second-order valence-corrected chi connectivity index (χ2v) is 6.81. The number of anilines is 1. The number of nitrogens with two attached hydrogens (primary N) is 1. The van der Waals surface area contributed by atoms with Crippen LogP contribution in [0.25, 0.3) is 0 Å². The van der Waals surface area contributed by atoms with Crippen molar-refractivity contribution in [1.82, 2.24) is 4.31 Å². The molecule has 1 fully saturated rings. The van der Waals surface area contributed by atoms with Crippen LogP contribution in [0.1, 0.15) is 18.4 Å². The molecule has 1 aliphatic carbocycles. The summed E-state index contributed by atoms with van der Waals surface area (Å²) in [5, 5.41) is 0. The van der Waals surface area contributed by atoms with E-state index in [1.54, 1.807) is 25.1 Å². The maximum absolute atomic E-state index is 12.7. The lowest BCUT2D eigenvalue weighted by molar-refractivity contribution is 0.430. The first kappa shape index (κ1) is 13.9. The molecule has 0 heterocycles. The van der Waals surface area contributed by atoms with Crippen molar-refractivity contribution in [3.05, 3.63) is 23.8 Å². The molecule has 1 aromatic carbocycles. The van der Waals surface area contributed by atoms with Crippen molar-refractivity contribution in [1.29, 1.82) is 0 Å². The average molecular weight is 278 g/mol. The van der Waals surface area contributed by atoms with E-state index in [0.29, 0.717) is 18.0 Å². The van der Waals surface area contributed by atoms with E-state index < -0.39 is 10.0 Å². The van der Waals surface area contributed by atoms with Gasteiger partial charge in [0.05, 0.1) is 12.2 Å². The molecule has 0 unspecified atom stereocenters. The lowest BCUT2D eigenvalue weighted by Crippen LogP contribution is -2.34. The van der Waals surface area contributed by atoms with Crippen molar-refractivity contribution in [2.45, 2.75) is 24.7 Å². The highest BCUT2D eigenvalue weighted by Crippen LogP contribution is 2.33. The summed E-state index contributed by atoms with van der Waals surface area (Å²) >= 11 is 0. The van der Waals surface area contributed by atoms with Crippen LogP contribution in [0.3, 0.4) is 0 Å². The van der Waals surface area contributed by atoms with Gasteiger partial charge in [0.1, 0.15) is 4.90 Å². The quantitative estimate of drug-likeness (QED) is 0.657. The molecule has 4 nitrogen and oxygen atoms in total. The van der Waals surface area contributed by atoms with Gasteiger partial charge in [0.25, 0.3) is 0 Å². The largest absolute Gasteiger partial charge is 0.398 e. The van der Waals surface area contributed by atoms with E-state index in [1.165, 1.54) is 4.31 Å². The lowest BCUT2D eigenvalue weighted by atomic mass is 10.2. The summed E-state index contributed by atoms with van der Waals surface area (Å²) in [5.74, 6) is 2.86. The van der Waals surface area contributed by atoms with Gasteiger partial charge >= 0.3 is 0 Å². The van der Waals surface area contributed by atoms with Crippen molar-refractivity contribution in [3.8, 4) is 12.3 Å². The number of benzene rings is 1. The summed E-state index contributed by atoms with van der Waals surface area (Å²) in [6, 6.07) is 5.09. The summed E-state index contributed by atoms with van der Waals surface area (Å²) in [5.41, 5.74) is 6.76. The number of sulfonamides is 1. The fourth-order valence-electron chi connectivity index (χ4n) is 2.09. The van der Waals surface area contributed by atoms with Gasteiger partial charge in [-0.25, -0.2) is 8.42 Å². The third kappa shape index (κ3) is 2.91. The Morgan fingerprint density at radius 3 is 2.68 bits per heavy atom. The smallest absolute Gasteiger partial charge is 0.246 e. The second-order valence-electron chi connectivity index (χ2n) is 4.94. The molecule has 0 saturated heterocycles. The van der Waals surface area contributed by atoms with E-state index in [4.69, 9.17) is 12.2 Å². The molecule has 1 saturated carbocycles. The molecular formula is C14H18N2O2S. The van der Waals surface area contributed by atoms with Crippen LogP contribution in [0, 0.1) is 25.2 Å². The first-order valence-corrected chi connectivity index (χ1v) is 7.69. The highest BCUT2D eigenvalue weighted by molar-refractivity contribution is 7.89. The molecule has 0 amide bonds. The second kappa shape index (κ2) is 5.24. The zero-order valence-electron chi connectivity index (χ0n) is 11.0. The first-order chi connectivity index (χ1) is 8.96. The van der Waals surface area contributed by atoms with E-state index in [2.05, 4.69) is 5.92 Å². The highest BCUT2D eigenvalue weighted by atomic mass is 32.2. The molecule has 0 aliphatic heterocycles. The van der Waals surface area contributed by atoms with Crippen LogP contribution < -0.4 is 5.73 Å². The monoisotopic (exact) mass is 278 g/mol. The van der Waals surface area contributed by atoms with E-state index in [1.807, 2.05) is 0 Å². The lowest BCUT2D eigenvalue weighted by Gasteiger charge is -2.21. The Kier molecular flexibility index (Phi) is 3.83. The first-order valence-electron chi connectivity index (χ1n) is 6.25. The van der Waals surface area contributed by atoms with Crippen molar-refractivity contribution >= 4 is 15.7 Å². The molecule has 1 aromatic rings. The summed E-state index contributed by atoms with van der Waals surface area (Å²) in [4.78, 5) is 0.186. The van der Waals surface area contributed by atoms with Gasteiger partial charge in [-0.15, -0.1) is 6.42 Å². The Labute approximate surface area is 114 Å². The minimum atomic E-state index is -3.61. The summed E-state index contributed by atoms with van der Waals surface area (Å²) in [6.45, 7) is 2.32. The number of terminal acetylenes is 1. The van der Waals surface area contributed by atoms with Crippen molar-refractivity contribution in [2.75, 3.05) is 18.8 Å². The predicted octanol–water partition coefficient (Wildman–Crippen LogP) is 1.61. The summed E-state index contributed by atoms with van der Waals surface area (Å²) in [7, 11) is -3.61. The van der Waals surface area contributed by atoms with Crippen LogP contribution in [0.5, 0.6) is 0 Å². The van der Waals surface area contributed by atoms with E-state index >= 15 is 0 Å². The predicted molar refractivity (Wildman–Crippen MR) is 75.9 cm³/mol. The molecule has 0 spiro atoms. The molecule has 0 radical (unpaired) electrons. The molecule has 0 aromatic heterocycles. The van der Waals surface area contributed by atoms with Crippen molar-refractivity contribution in [3.63, 3.8) is 0 Å². The van der Waals surface area contributed by atoms with E-state index in [9.17, 15) is 8.42 Å². The summed E-state index contributed by atoms with van der Waals surface area (Å²) < 4.78 is 26.7. The molecule has 102 valence electrons. The summed E-state index contributed by atoms with van der Waals surface area (Å²) in [6.07, 6.45) is 7.43. The Hall–Kier alpha value is -1.51. The molecule has 2 rings (SSSR count). The normalized spacial score (nSPS) is 15.4. The third-order valence-corrected chi connectivity index (χ3v) is 5.30. The van der Waals surface area contributed by atoms with E-state index in [0.717, 1.165) is 12.8 Å². The van der Waals surface area contributed by atoms with Gasteiger partial charge in [-0.2, -0.15) is 4.31 Å². The van der Waals surface area contributed by atoms with Crippen LogP contribution in [0.2, 0.25) is 0 Å². The zero-order chi connectivity index (χ0) is 14.0. The number of aryl methyl sites for hydroxylation is 1. The molecule has 19 heavy (non-hydrogen) atoms. The van der Waals surface area contributed by atoms with Gasteiger partial charge in [0, 0.05) is 6.54 Å². The standard InChI is InChI=1S/C14H18N2O2S/c1-3-9-16(10-12-7-8-12)19(17,18)14-11(2)5-4-6-13(14)15/h1,4-6,12H,7-10,15H2,2H3. The molecule has 5 heteroatoms. The molecule has 0 atom stereocenters. The van der Waals surface area contributed by atoms with Crippen LogP contribution in [0.4, 0.5) is 5.69 Å². The Morgan fingerprint density at radius 1 is 1.47 bits per heavy atom.